The second kappa shape index (κ2) is 11.4. The number of hydrogen-bond acceptors (Lipinski definition) is 5. The predicted molar refractivity (Wildman–Crippen MR) is 155 cm³/mol. The lowest BCUT2D eigenvalue weighted by Crippen LogP contribution is -2.47. The monoisotopic (exact) mass is 562 g/mol. The molecule has 0 radical (unpaired) electrons. The number of piperazine rings is 1. The number of hydrogen-bond donors (Lipinski definition) is 2. The van der Waals surface area contributed by atoms with Crippen molar-refractivity contribution in [3.63, 3.8) is 0 Å². The molecule has 1 saturated heterocycles. The number of alkyl halides is 3. The quantitative estimate of drug-likeness (QED) is 0.210. The maximum atomic E-state index is 13.1. The fourth-order valence-corrected chi connectivity index (χ4v) is 5.37. The first-order valence-electron chi connectivity index (χ1n) is 14.1. The molecule has 0 bridgehead atoms. The summed E-state index contributed by atoms with van der Waals surface area (Å²) in [6.07, 6.45) is -1.05. The second-order valence-electron chi connectivity index (χ2n) is 10.5. The molecule has 5 aromatic rings. The van der Waals surface area contributed by atoms with Gasteiger partial charge in [-0.15, -0.1) is 0 Å². The third-order valence-electron chi connectivity index (χ3n) is 7.66. The van der Waals surface area contributed by atoms with Crippen LogP contribution in [0.25, 0.3) is 33.5 Å². The van der Waals surface area contributed by atoms with Crippen molar-refractivity contribution in [3.8, 4) is 17.1 Å². The molecule has 1 aliphatic rings. The third-order valence-corrected chi connectivity index (χ3v) is 7.66. The zero-order chi connectivity index (χ0) is 28.4. The summed E-state index contributed by atoms with van der Waals surface area (Å²) in [5.74, 6) is 0.211. The van der Waals surface area contributed by atoms with Crippen LogP contribution in [0.2, 0.25) is 0 Å². The average Bonchev–Trinajstić information content (AvgIpc) is 3.62. The number of aromatic nitrogens is 4. The van der Waals surface area contributed by atoms with E-state index in [-0.39, 0.29) is 5.52 Å². The van der Waals surface area contributed by atoms with Gasteiger partial charge in [0.25, 0.3) is 0 Å². The molecule has 1 fully saturated rings. The van der Waals surface area contributed by atoms with Gasteiger partial charge in [-0.3, -0.25) is 4.90 Å². The lowest BCUT2D eigenvalue weighted by Gasteiger charge is -2.36. The molecule has 0 unspecified atom stereocenters. The Bertz CT molecular complexity index is 1620. The molecule has 2 aromatic heterocycles. The standard InChI is InChI=1S/C31H33F3N6O/c1-2-3-6-21-11-13-22(14-12-21)29-35-23-7-4-9-25(27(23)37-29)40-17-15-39(16-18-40)19-20-41-26-10-5-8-24-28(26)38-30(36-24)31(32,33)34/h4-5,7-14H,2-3,6,15-20H2,1H3,(H,35,37)(H,36,38). The highest BCUT2D eigenvalue weighted by Crippen LogP contribution is 2.32. The van der Waals surface area contributed by atoms with Crippen LogP contribution >= 0.6 is 0 Å². The van der Waals surface area contributed by atoms with Crippen molar-refractivity contribution in [2.45, 2.75) is 32.4 Å². The minimum absolute atomic E-state index is 0.198. The van der Waals surface area contributed by atoms with Gasteiger partial charge in [0, 0.05) is 38.3 Å². The van der Waals surface area contributed by atoms with E-state index >= 15 is 0 Å². The molecule has 7 nitrogen and oxygen atoms in total. The van der Waals surface area contributed by atoms with Crippen LogP contribution in [0.4, 0.5) is 18.9 Å². The summed E-state index contributed by atoms with van der Waals surface area (Å²) < 4.78 is 45.1. The second-order valence-corrected chi connectivity index (χ2v) is 10.5. The number of ether oxygens (including phenoxy) is 1. The van der Waals surface area contributed by atoms with E-state index in [1.807, 2.05) is 0 Å². The van der Waals surface area contributed by atoms with Crippen LogP contribution < -0.4 is 9.64 Å². The van der Waals surface area contributed by atoms with Gasteiger partial charge in [0.15, 0.2) is 0 Å². The number of halogens is 3. The molecule has 3 heterocycles. The first kappa shape index (κ1) is 27.1. The van der Waals surface area contributed by atoms with Crippen LogP contribution in [-0.2, 0) is 12.6 Å². The van der Waals surface area contributed by atoms with E-state index in [0.29, 0.717) is 24.4 Å². The van der Waals surface area contributed by atoms with Gasteiger partial charge in [0.2, 0.25) is 5.82 Å². The Morgan fingerprint density at radius 3 is 2.32 bits per heavy atom. The molecule has 1 aliphatic heterocycles. The maximum Gasteiger partial charge on any atom is 0.449 e. The van der Waals surface area contributed by atoms with Gasteiger partial charge in [-0.25, -0.2) is 9.97 Å². The molecule has 6 rings (SSSR count). The summed E-state index contributed by atoms with van der Waals surface area (Å²) in [4.78, 5) is 19.2. The third kappa shape index (κ3) is 5.88. The van der Waals surface area contributed by atoms with Crippen molar-refractivity contribution in [3.05, 3.63) is 72.1 Å². The molecule has 10 heteroatoms. The van der Waals surface area contributed by atoms with Crippen LogP contribution in [-0.4, -0.2) is 64.2 Å². The number of aromatic amines is 2. The molecular formula is C31H33F3N6O. The minimum Gasteiger partial charge on any atom is -0.490 e. The summed E-state index contributed by atoms with van der Waals surface area (Å²) in [7, 11) is 0. The van der Waals surface area contributed by atoms with Gasteiger partial charge in [-0.05, 0) is 42.7 Å². The number of para-hydroxylation sites is 2. The predicted octanol–water partition coefficient (Wildman–Crippen LogP) is 6.67. The lowest BCUT2D eigenvalue weighted by molar-refractivity contribution is -0.144. The Kier molecular flexibility index (Phi) is 7.57. The van der Waals surface area contributed by atoms with Crippen molar-refractivity contribution in [1.29, 1.82) is 0 Å². The largest absolute Gasteiger partial charge is 0.490 e. The number of nitrogens with one attached hydrogen (secondary N) is 2. The number of anilines is 1. The fourth-order valence-electron chi connectivity index (χ4n) is 5.37. The SMILES string of the molecule is CCCCc1ccc(-c2nc3c(N4CCN(CCOc5cccc6[nH]c(C(F)(F)F)nc56)CC4)cccc3[nH]2)cc1. The molecular weight excluding hydrogens is 529 g/mol. The number of rotatable bonds is 9. The van der Waals surface area contributed by atoms with Crippen molar-refractivity contribution in [2.75, 3.05) is 44.2 Å². The maximum absolute atomic E-state index is 13.1. The Balaban J connectivity index is 1.07. The number of aryl methyl sites for hydroxylation is 1. The van der Waals surface area contributed by atoms with E-state index in [0.717, 1.165) is 60.7 Å². The normalized spacial score (nSPS) is 14.8. The Labute approximate surface area is 236 Å². The Hall–Kier alpha value is -4.05. The topological polar surface area (TPSA) is 73.1 Å². The van der Waals surface area contributed by atoms with Crippen molar-refractivity contribution in [2.24, 2.45) is 0 Å². The van der Waals surface area contributed by atoms with E-state index in [9.17, 15) is 13.2 Å². The molecule has 3 aromatic carbocycles. The number of unbranched alkanes of at least 4 members (excludes halogenated alkanes) is 1. The number of imidazole rings is 2. The number of fused-ring (bicyclic) bond motifs is 2. The van der Waals surface area contributed by atoms with Gasteiger partial charge in [-0.1, -0.05) is 49.7 Å². The molecule has 0 spiro atoms. The molecule has 214 valence electrons. The molecule has 0 amide bonds. The molecule has 2 N–H and O–H groups in total. The van der Waals surface area contributed by atoms with Crippen LogP contribution in [0, 0.1) is 0 Å². The summed E-state index contributed by atoms with van der Waals surface area (Å²) in [5, 5.41) is 0. The summed E-state index contributed by atoms with van der Waals surface area (Å²) >= 11 is 0. The van der Waals surface area contributed by atoms with Gasteiger partial charge >= 0.3 is 6.18 Å². The van der Waals surface area contributed by atoms with Crippen molar-refractivity contribution >= 4 is 27.8 Å². The number of benzene rings is 3. The van der Waals surface area contributed by atoms with Crippen molar-refractivity contribution < 1.29 is 17.9 Å². The Morgan fingerprint density at radius 1 is 0.854 bits per heavy atom. The van der Waals surface area contributed by atoms with Gasteiger partial charge in [0.05, 0.1) is 16.7 Å². The Morgan fingerprint density at radius 2 is 1.59 bits per heavy atom. The molecule has 0 saturated carbocycles. The number of H-pyrrole nitrogens is 2. The fraction of sp³-hybridized carbons (Fsp3) is 0.355. The zero-order valence-corrected chi connectivity index (χ0v) is 23.0. The van der Waals surface area contributed by atoms with Crippen LogP contribution in [0.1, 0.15) is 31.2 Å². The first-order chi connectivity index (χ1) is 19.9. The van der Waals surface area contributed by atoms with Crippen LogP contribution in [0.5, 0.6) is 5.75 Å². The molecule has 0 aliphatic carbocycles. The van der Waals surface area contributed by atoms with E-state index in [1.165, 1.54) is 18.4 Å². The van der Waals surface area contributed by atoms with Gasteiger partial charge in [0.1, 0.15) is 29.2 Å². The highest BCUT2D eigenvalue weighted by atomic mass is 19.4. The van der Waals surface area contributed by atoms with Gasteiger partial charge in [-0.2, -0.15) is 13.2 Å². The highest BCUT2D eigenvalue weighted by Gasteiger charge is 2.35. The van der Waals surface area contributed by atoms with E-state index < -0.39 is 12.0 Å². The minimum atomic E-state index is -4.53. The molecule has 0 atom stereocenters. The summed E-state index contributed by atoms with van der Waals surface area (Å²) in [5.41, 5.74) is 6.05. The average molecular weight is 563 g/mol. The highest BCUT2D eigenvalue weighted by molar-refractivity contribution is 5.91. The van der Waals surface area contributed by atoms with E-state index in [1.54, 1.807) is 18.2 Å². The molecule has 41 heavy (non-hydrogen) atoms. The van der Waals surface area contributed by atoms with Crippen LogP contribution in [0.15, 0.2) is 60.7 Å². The van der Waals surface area contributed by atoms with Crippen molar-refractivity contribution in [1.82, 2.24) is 24.8 Å². The smallest absolute Gasteiger partial charge is 0.449 e. The lowest BCUT2D eigenvalue weighted by atomic mass is 10.1. The van der Waals surface area contributed by atoms with Gasteiger partial charge < -0.3 is 19.6 Å². The van der Waals surface area contributed by atoms with E-state index in [2.05, 4.69) is 74.1 Å². The summed E-state index contributed by atoms with van der Waals surface area (Å²) in [6, 6.07) is 19.8. The van der Waals surface area contributed by atoms with E-state index in [4.69, 9.17) is 9.72 Å². The number of nitrogens with zero attached hydrogens (tertiary/aromatic N) is 4. The zero-order valence-electron chi connectivity index (χ0n) is 23.0. The summed E-state index contributed by atoms with van der Waals surface area (Å²) in [6.45, 7) is 6.63. The first-order valence-corrected chi connectivity index (χ1v) is 14.1. The van der Waals surface area contributed by atoms with Crippen LogP contribution in [0.3, 0.4) is 0 Å².